The molecule has 15 heavy (non-hydrogen) atoms. The van der Waals surface area contributed by atoms with Crippen molar-refractivity contribution in [1.82, 2.24) is 5.32 Å². The highest BCUT2D eigenvalue weighted by Crippen LogP contribution is 2.28. The lowest BCUT2D eigenvalue weighted by atomic mass is 9.89. The van der Waals surface area contributed by atoms with E-state index in [0.717, 1.165) is 32.3 Å². The van der Waals surface area contributed by atoms with Crippen molar-refractivity contribution in [2.75, 3.05) is 26.4 Å². The fourth-order valence-electron chi connectivity index (χ4n) is 1.97. The molecule has 0 bridgehead atoms. The Labute approximate surface area is 92.5 Å². The van der Waals surface area contributed by atoms with Crippen LogP contribution in [0.3, 0.4) is 0 Å². The molecule has 2 rings (SSSR count). The van der Waals surface area contributed by atoms with Crippen molar-refractivity contribution in [2.24, 2.45) is 5.92 Å². The van der Waals surface area contributed by atoms with Crippen molar-refractivity contribution < 1.29 is 9.47 Å². The van der Waals surface area contributed by atoms with E-state index < -0.39 is 0 Å². The van der Waals surface area contributed by atoms with E-state index in [9.17, 15) is 0 Å². The summed E-state index contributed by atoms with van der Waals surface area (Å²) in [5.41, 5.74) is 0. The highest BCUT2D eigenvalue weighted by molar-refractivity contribution is 4.85. The van der Waals surface area contributed by atoms with Crippen LogP contribution in [0, 0.1) is 5.92 Å². The summed E-state index contributed by atoms with van der Waals surface area (Å²) >= 11 is 0. The average Bonchev–Trinajstić information content (AvgIpc) is 2.96. The molecule has 0 saturated heterocycles. The molecule has 2 fully saturated rings. The summed E-state index contributed by atoms with van der Waals surface area (Å²) in [5.74, 6) is 0.885. The zero-order valence-corrected chi connectivity index (χ0v) is 9.71. The summed E-state index contributed by atoms with van der Waals surface area (Å²) in [6, 6.07) is 0.672. The van der Waals surface area contributed by atoms with E-state index in [4.69, 9.17) is 9.47 Å². The molecule has 0 aliphatic heterocycles. The van der Waals surface area contributed by atoms with Gasteiger partial charge in [0.2, 0.25) is 0 Å². The Hall–Kier alpha value is -0.120. The number of hydrogen-bond donors (Lipinski definition) is 1. The molecule has 1 N–H and O–H groups in total. The largest absolute Gasteiger partial charge is 0.380 e. The van der Waals surface area contributed by atoms with Gasteiger partial charge in [0, 0.05) is 25.8 Å². The topological polar surface area (TPSA) is 30.5 Å². The van der Waals surface area contributed by atoms with Gasteiger partial charge in [0.05, 0.1) is 12.7 Å². The van der Waals surface area contributed by atoms with Crippen LogP contribution < -0.4 is 5.32 Å². The maximum Gasteiger partial charge on any atom is 0.0604 e. The van der Waals surface area contributed by atoms with E-state index in [1.807, 2.05) is 0 Å². The Morgan fingerprint density at radius 3 is 2.73 bits per heavy atom. The first kappa shape index (κ1) is 11.4. The molecule has 0 spiro atoms. The maximum atomic E-state index is 5.56. The summed E-state index contributed by atoms with van der Waals surface area (Å²) in [7, 11) is 0. The minimum atomic E-state index is 0.514. The Morgan fingerprint density at radius 1 is 1.27 bits per heavy atom. The summed E-state index contributed by atoms with van der Waals surface area (Å²) in [6.45, 7) is 5.75. The smallest absolute Gasteiger partial charge is 0.0604 e. The molecule has 0 aromatic rings. The highest BCUT2D eigenvalue weighted by Gasteiger charge is 2.28. The van der Waals surface area contributed by atoms with Gasteiger partial charge in [-0.15, -0.1) is 0 Å². The van der Waals surface area contributed by atoms with Gasteiger partial charge in [-0.25, -0.2) is 0 Å². The van der Waals surface area contributed by atoms with E-state index in [1.54, 1.807) is 0 Å². The van der Waals surface area contributed by atoms with Gasteiger partial charge in [-0.1, -0.05) is 0 Å². The number of rotatable bonds is 8. The molecule has 0 atom stereocenters. The van der Waals surface area contributed by atoms with Crippen LogP contribution in [-0.2, 0) is 9.47 Å². The van der Waals surface area contributed by atoms with E-state index in [0.29, 0.717) is 12.1 Å². The maximum absolute atomic E-state index is 5.56. The van der Waals surface area contributed by atoms with Crippen molar-refractivity contribution in [2.45, 2.75) is 44.8 Å². The zero-order valence-electron chi connectivity index (χ0n) is 9.71. The molecule has 2 aliphatic rings. The van der Waals surface area contributed by atoms with Gasteiger partial charge in [-0.05, 0) is 38.5 Å². The van der Waals surface area contributed by atoms with Gasteiger partial charge >= 0.3 is 0 Å². The molecule has 88 valence electrons. The van der Waals surface area contributed by atoms with Crippen molar-refractivity contribution in [3.05, 3.63) is 0 Å². The van der Waals surface area contributed by atoms with Crippen molar-refractivity contribution >= 4 is 0 Å². The quantitative estimate of drug-likeness (QED) is 0.621. The second-order valence-corrected chi connectivity index (χ2v) is 4.72. The molecular formula is C12H23NO2. The molecule has 0 aromatic heterocycles. The standard InChI is InChI=1S/C12H23NO2/c1-2-15-12-7-11(8-12)13-5-6-14-9-10-3-4-10/h10-13H,2-9H2,1H3. The first-order valence-corrected chi connectivity index (χ1v) is 6.31. The number of ether oxygens (including phenoxy) is 2. The predicted molar refractivity (Wildman–Crippen MR) is 60.0 cm³/mol. The lowest BCUT2D eigenvalue weighted by molar-refractivity contribution is -0.0115. The van der Waals surface area contributed by atoms with Crippen LogP contribution in [0.1, 0.15) is 32.6 Å². The lowest BCUT2D eigenvalue weighted by Gasteiger charge is -2.35. The molecule has 0 radical (unpaired) electrons. The molecule has 0 heterocycles. The molecule has 0 unspecified atom stereocenters. The first-order valence-electron chi connectivity index (χ1n) is 6.31. The van der Waals surface area contributed by atoms with E-state index in [2.05, 4.69) is 12.2 Å². The third kappa shape index (κ3) is 4.09. The Kier molecular flexibility index (Phi) is 4.42. The fraction of sp³-hybridized carbons (Fsp3) is 1.00. The predicted octanol–water partition coefficient (Wildman–Crippen LogP) is 1.57. The number of nitrogens with one attached hydrogen (secondary N) is 1. The molecule has 3 nitrogen and oxygen atoms in total. The van der Waals surface area contributed by atoms with Gasteiger partial charge in [0.1, 0.15) is 0 Å². The van der Waals surface area contributed by atoms with Crippen LogP contribution in [0.5, 0.6) is 0 Å². The summed E-state index contributed by atoms with van der Waals surface area (Å²) in [5, 5.41) is 3.50. The minimum Gasteiger partial charge on any atom is -0.380 e. The van der Waals surface area contributed by atoms with Crippen LogP contribution in [0.2, 0.25) is 0 Å². The normalized spacial score (nSPS) is 30.2. The Balaban J connectivity index is 1.36. The van der Waals surface area contributed by atoms with Gasteiger partial charge in [-0.2, -0.15) is 0 Å². The van der Waals surface area contributed by atoms with Crippen LogP contribution in [0.25, 0.3) is 0 Å². The van der Waals surface area contributed by atoms with Gasteiger partial charge < -0.3 is 14.8 Å². The third-order valence-corrected chi connectivity index (χ3v) is 3.23. The van der Waals surface area contributed by atoms with E-state index in [-0.39, 0.29) is 0 Å². The summed E-state index contributed by atoms with van der Waals surface area (Å²) in [6.07, 6.45) is 5.63. The van der Waals surface area contributed by atoms with Crippen molar-refractivity contribution in [1.29, 1.82) is 0 Å². The first-order chi connectivity index (χ1) is 7.38. The minimum absolute atomic E-state index is 0.514. The van der Waals surface area contributed by atoms with E-state index >= 15 is 0 Å². The second kappa shape index (κ2) is 5.83. The SMILES string of the molecule is CCOC1CC(NCCOCC2CC2)C1. The van der Waals surface area contributed by atoms with Crippen LogP contribution in [0.4, 0.5) is 0 Å². The molecule has 2 saturated carbocycles. The lowest BCUT2D eigenvalue weighted by Crippen LogP contribution is -2.46. The highest BCUT2D eigenvalue weighted by atomic mass is 16.5. The summed E-state index contributed by atoms with van der Waals surface area (Å²) in [4.78, 5) is 0. The van der Waals surface area contributed by atoms with E-state index in [1.165, 1.54) is 25.7 Å². The van der Waals surface area contributed by atoms with Crippen LogP contribution in [-0.4, -0.2) is 38.5 Å². The summed E-state index contributed by atoms with van der Waals surface area (Å²) < 4.78 is 11.1. The van der Waals surface area contributed by atoms with Gasteiger partial charge in [0.25, 0.3) is 0 Å². The van der Waals surface area contributed by atoms with Crippen LogP contribution in [0.15, 0.2) is 0 Å². The molecule has 2 aliphatic carbocycles. The fourth-order valence-corrected chi connectivity index (χ4v) is 1.97. The Bertz CT molecular complexity index is 176. The van der Waals surface area contributed by atoms with Gasteiger partial charge in [-0.3, -0.25) is 0 Å². The van der Waals surface area contributed by atoms with Crippen molar-refractivity contribution in [3.8, 4) is 0 Å². The molecule has 0 aromatic carbocycles. The zero-order chi connectivity index (χ0) is 10.5. The average molecular weight is 213 g/mol. The molecule has 3 heteroatoms. The van der Waals surface area contributed by atoms with Gasteiger partial charge in [0.15, 0.2) is 0 Å². The Morgan fingerprint density at radius 2 is 2.07 bits per heavy atom. The molecule has 0 amide bonds. The van der Waals surface area contributed by atoms with Crippen molar-refractivity contribution in [3.63, 3.8) is 0 Å². The second-order valence-electron chi connectivity index (χ2n) is 4.72. The monoisotopic (exact) mass is 213 g/mol. The molecular weight excluding hydrogens is 190 g/mol. The third-order valence-electron chi connectivity index (χ3n) is 3.23. The van der Waals surface area contributed by atoms with Crippen LogP contribution >= 0.6 is 0 Å². The number of hydrogen-bond acceptors (Lipinski definition) is 3.